The van der Waals surface area contributed by atoms with Crippen LogP contribution < -0.4 is 5.73 Å². The van der Waals surface area contributed by atoms with Crippen LogP contribution in [0.5, 0.6) is 0 Å². The van der Waals surface area contributed by atoms with E-state index in [1.54, 1.807) is 7.11 Å². The SMILES string of the molecule is CCC1CCCC(C(O)(CCCN)COC)C1. The first kappa shape index (κ1) is 14.9. The number of methoxy groups -OCH3 is 1. The summed E-state index contributed by atoms with van der Waals surface area (Å²) in [6.07, 6.45) is 7.76. The van der Waals surface area contributed by atoms with Gasteiger partial charge in [0.2, 0.25) is 0 Å². The monoisotopic (exact) mass is 243 g/mol. The lowest BCUT2D eigenvalue weighted by molar-refractivity contribution is -0.0951. The van der Waals surface area contributed by atoms with Gasteiger partial charge in [-0.2, -0.15) is 0 Å². The van der Waals surface area contributed by atoms with E-state index in [-0.39, 0.29) is 0 Å². The van der Waals surface area contributed by atoms with Crippen LogP contribution in [0.4, 0.5) is 0 Å². The van der Waals surface area contributed by atoms with Crippen molar-refractivity contribution in [3.63, 3.8) is 0 Å². The van der Waals surface area contributed by atoms with Crippen LogP contribution in [0.1, 0.15) is 51.9 Å². The van der Waals surface area contributed by atoms with Crippen molar-refractivity contribution in [1.82, 2.24) is 0 Å². The van der Waals surface area contributed by atoms with Crippen LogP contribution in [0.2, 0.25) is 0 Å². The maximum absolute atomic E-state index is 10.8. The van der Waals surface area contributed by atoms with E-state index < -0.39 is 5.60 Å². The second-order valence-electron chi connectivity index (χ2n) is 5.57. The summed E-state index contributed by atoms with van der Waals surface area (Å²) in [6, 6.07) is 0. The third kappa shape index (κ3) is 4.23. The third-order valence-electron chi connectivity index (χ3n) is 4.33. The Balaban J connectivity index is 2.61. The van der Waals surface area contributed by atoms with Crippen molar-refractivity contribution in [2.45, 2.75) is 57.5 Å². The molecule has 0 aromatic heterocycles. The Hall–Kier alpha value is -0.120. The molecule has 1 saturated carbocycles. The predicted octanol–water partition coefficient (Wildman–Crippen LogP) is 2.32. The Labute approximate surface area is 106 Å². The number of hydrogen-bond acceptors (Lipinski definition) is 3. The summed E-state index contributed by atoms with van der Waals surface area (Å²) in [6.45, 7) is 3.35. The zero-order chi connectivity index (χ0) is 12.7. The largest absolute Gasteiger partial charge is 0.387 e. The number of ether oxygens (including phenoxy) is 1. The standard InChI is InChI=1S/C14H29NO2/c1-3-12-6-4-7-13(10-12)14(16,11-17-2)8-5-9-15/h12-13,16H,3-11,15H2,1-2H3. The van der Waals surface area contributed by atoms with Crippen LogP contribution in [-0.4, -0.2) is 31.0 Å². The highest BCUT2D eigenvalue weighted by atomic mass is 16.5. The summed E-state index contributed by atoms with van der Waals surface area (Å²) < 4.78 is 5.24. The number of hydrogen-bond donors (Lipinski definition) is 2. The molecule has 102 valence electrons. The molecule has 1 aliphatic carbocycles. The van der Waals surface area contributed by atoms with Gasteiger partial charge in [0.15, 0.2) is 0 Å². The van der Waals surface area contributed by atoms with Gasteiger partial charge < -0.3 is 15.6 Å². The Bertz CT molecular complexity index is 210. The van der Waals surface area contributed by atoms with Gasteiger partial charge in [0, 0.05) is 7.11 Å². The zero-order valence-electron chi connectivity index (χ0n) is 11.5. The normalized spacial score (nSPS) is 28.9. The molecule has 3 heteroatoms. The van der Waals surface area contributed by atoms with Crippen LogP contribution in [-0.2, 0) is 4.74 Å². The highest BCUT2D eigenvalue weighted by Gasteiger charge is 2.38. The van der Waals surface area contributed by atoms with Gasteiger partial charge in [-0.3, -0.25) is 0 Å². The van der Waals surface area contributed by atoms with Gasteiger partial charge in [-0.15, -0.1) is 0 Å². The summed E-state index contributed by atoms with van der Waals surface area (Å²) in [4.78, 5) is 0. The summed E-state index contributed by atoms with van der Waals surface area (Å²) in [5.41, 5.74) is 4.91. The summed E-state index contributed by atoms with van der Waals surface area (Å²) in [7, 11) is 1.67. The average molecular weight is 243 g/mol. The molecule has 0 bridgehead atoms. The predicted molar refractivity (Wildman–Crippen MR) is 70.9 cm³/mol. The molecule has 0 aliphatic heterocycles. The Morgan fingerprint density at radius 2 is 2.18 bits per heavy atom. The number of aliphatic hydroxyl groups is 1. The highest BCUT2D eigenvalue weighted by molar-refractivity contribution is 4.90. The molecular weight excluding hydrogens is 214 g/mol. The fraction of sp³-hybridized carbons (Fsp3) is 1.00. The minimum absolute atomic E-state index is 0.396. The van der Waals surface area contributed by atoms with E-state index in [0.29, 0.717) is 19.1 Å². The van der Waals surface area contributed by atoms with Crippen molar-refractivity contribution in [2.75, 3.05) is 20.3 Å². The average Bonchev–Trinajstić information content (AvgIpc) is 2.37. The van der Waals surface area contributed by atoms with Crippen molar-refractivity contribution in [2.24, 2.45) is 17.6 Å². The Morgan fingerprint density at radius 1 is 1.41 bits per heavy atom. The van der Waals surface area contributed by atoms with E-state index in [9.17, 15) is 5.11 Å². The van der Waals surface area contributed by atoms with Gasteiger partial charge >= 0.3 is 0 Å². The fourth-order valence-electron chi connectivity index (χ4n) is 3.20. The molecule has 17 heavy (non-hydrogen) atoms. The fourth-order valence-corrected chi connectivity index (χ4v) is 3.20. The van der Waals surface area contributed by atoms with E-state index in [1.807, 2.05) is 0 Å². The lowest BCUT2D eigenvalue weighted by atomic mass is 9.71. The maximum Gasteiger partial charge on any atom is 0.0908 e. The van der Waals surface area contributed by atoms with E-state index in [1.165, 1.54) is 19.3 Å². The van der Waals surface area contributed by atoms with Crippen molar-refractivity contribution in [1.29, 1.82) is 0 Å². The second kappa shape index (κ2) is 7.34. The third-order valence-corrected chi connectivity index (χ3v) is 4.33. The summed E-state index contributed by atoms with van der Waals surface area (Å²) in [5, 5.41) is 10.8. The molecule has 1 rings (SSSR count). The molecule has 0 spiro atoms. The first-order valence-electron chi connectivity index (χ1n) is 7.07. The van der Waals surface area contributed by atoms with Crippen LogP contribution in [0.25, 0.3) is 0 Å². The van der Waals surface area contributed by atoms with Crippen LogP contribution in [0.15, 0.2) is 0 Å². The molecule has 0 heterocycles. The van der Waals surface area contributed by atoms with Crippen molar-refractivity contribution in [3.8, 4) is 0 Å². The van der Waals surface area contributed by atoms with Gasteiger partial charge in [0.1, 0.15) is 0 Å². The molecule has 0 amide bonds. The van der Waals surface area contributed by atoms with Gasteiger partial charge in [0.25, 0.3) is 0 Å². The van der Waals surface area contributed by atoms with Gasteiger partial charge in [-0.1, -0.05) is 26.2 Å². The molecule has 1 aliphatic rings. The zero-order valence-corrected chi connectivity index (χ0v) is 11.5. The molecule has 0 aromatic rings. The van der Waals surface area contributed by atoms with Crippen molar-refractivity contribution in [3.05, 3.63) is 0 Å². The number of nitrogens with two attached hydrogens (primary N) is 1. The highest BCUT2D eigenvalue weighted by Crippen LogP contribution is 2.39. The van der Waals surface area contributed by atoms with Gasteiger partial charge in [-0.05, 0) is 44.1 Å². The molecular formula is C14H29NO2. The molecule has 0 radical (unpaired) electrons. The minimum Gasteiger partial charge on any atom is -0.387 e. The molecule has 0 aromatic carbocycles. The molecule has 1 fully saturated rings. The van der Waals surface area contributed by atoms with E-state index in [4.69, 9.17) is 10.5 Å². The van der Waals surface area contributed by atoms with Crippen LogP contribution in [0.3, 0.4) is 0 Å². The minimum atomic E-state index is -0.651. The van der Waals surface area contributed by atoms with Gasteiger partial charge in [0.05, 0.1) is 12.2 Å². The van der Waals surface area contributed by atoms with Crippen molar-refractivity contribution >= 4 is 0 Å². The molecule has 3 atom stereocenters. The maximum atomic E-state index is 10.8. The number of rotatable bonds is 7. The molecule has 3 unspecified atom stereocenters. The lowest BCUT2D eigenvalue weighted by Gasteiger charge is -2.40. The quantitative estimate of drug-likeness (QED) is 0.721. The second-order valence-corrected chi connectivity index (χ2v) is 5.57. The van der Waals surface area contributed by atoms with E-state index in [2.05, 4.69) is 6.92 Å². The smallest absolute Gasteiger partial charge is 0.0908 e. The van der Waals surface area contributed by atoms with Crippen LogP contribution >= 0.6 is 0 Å². The van der Waals surface area contributed by atoms with Crippen molar-refractivity contribution < 1.29 is 9.84 Å². The van der Waals surface area contributed by atoms with E-state index in [0.717, 1.165) is 31.6 Å². The lowest BCUT2D eigenvalue weighted by Crippen LogP contribution is -2.44. The molecule has 3 N–H and O–H groups in total. The van der Waals surface area contributed by atoms with E-state index >= 15 is 0 Å². The summed E-state index contributed by atoms with van der Waals surface area (Å²) >= 11 is 0. The first-order valence-corrected chi connectivity index (χ1v) is 7.07. The molecule has 0 saturated heterocycles. The topological polar surface area (TPSA) is 55.5 Å². The van der Waals surface area contributed by atoms with Gasteiger partial charge in [-0.25, -0.2) is 0 Å². The Kier molecular flexibility index (Phi) is 6.45. The Morgan fingerprint density at radius 3 is 2.76 bits per heavy atom. The summed E-state index contributed by atoms with van der Waals surface area (Å²) in [5.74, 6) is 1.18. The first-order chi connectivity index (χ1) is 8.16. The van der Waals surface area contributed by atoms with Crippen LogP contribution in [0, 0.1) is 11.8 Å². The molecule has 3 nitrogen and oxygen atoms in total.